The topological polar surface area (TPSA) is 23.6 Å². The molecule has 0 N–H and O–H groups in total. The van der Waals surface area contributed by atoms with Gasteiger partial charge in [0, 0.05) is 19.6 Å². The van der Waals surface area contributed by atoms with E-state index in [-0.39, 0.29) is 5.92 Å². The molecule has 1 aliphatic rings. The van der Waals surface area contributed by atoms with Crippen molar-refractivity contribution in [3.8, 4) is 0 Å². The van der Waals surface area contributed by atoms with Crippen molar-refractivity contribution in [1.29, 1.82) is 0 Å². The third-order valence-corrected chi connectivity index (χ3v) is 2.68. The van der Waals surface area contributed by atoms with Crippen molar-refractivity contribution in [2.24, 2.45) is 5.92 Å². The third-order valence-electron chi connectivity index (χ3n) is 2.68. The Morgan fingerprint density at radius 2 is 2.00 bits per heavy atom. The van der Waals surface area contributed by atoms with E-state index in [0.29, 0.717) is 5.91 Å². The Hall–Kier alpha value is -0.570. The summed E-state index contributed by atoms with van der Waals surface area (Å²) >= 11 is 0. The number of hydrazine groups is 1. The van der Waals surface area contributed by atoms with Gasteiger partial charge in [0.2, 0.25) is 5.91 Å². The molecule has 0 spiro atoms. The largest absolute Gasteiger partial charge is 0.275 e. The van der Waals surface area contributed by atoms with Gasteiger partial charge in [0.1, 0.15) is 0 Å². The van der Waals surface area contributed by atoms with Gasteiger partial charge < -0.3 is 0 Å². The molecule has 0 aliphatic carbocycles. The molecule has 0 radical (unpaired) electrons. The number of hydrogen-bond donors (Lipinski definition) is 0. The maximum Gasteiger partial charge on any atom is 0.241 e. The van der Waals surface area contributed by atoms with Crippen molar-refractivity contribution in [1.82, 2.24) is 10.0 Å². The van der Waals surface area contributed by atoms with Crippen molar-refractivity contribution >= 4 is 5.91 Å². The minimum atomic E-state index is 0.255. The molecule has 0 aromatic rings. The summed E-state index contributed by atoms with van der Waals surface area (Å²) in [5.74, 6) is 0.580. The van der Waals surface area contributed by atoms with Crippen LogP contribution in [0.1, 0.15) is 33.6 Å². The predicted octanol–water partition coefficient (Wildman–Crippen LogP) is 1.50. The van der Waals surface area contributed by atoms with Gasteiger partial charge in [-0.25, -0.2) is 5.01 Å². The molecule has 1 amide bonds. The maximum atomic E-state index is 11.8. The summed E-state index contributed by atoms with van der Waals surface area (Å²) in [5, 5.41) is 4.04. The zero-order valence-corrected chi connectivity index (χ0v) is 8.92. The molecular formula is C10H20N2O. The van der Waals surface area contributed by atoms with E-state index in [2.05, 4.69) is 18.9 Å². The fourth-order valence-electron chi connectivity index (χ4n) is 2.00. The summed E-state index contributed by atoms with van der Waals surface area (Å²) in [6, 6.07) is 0. The van der Waals surface area contributed by atoms with Crippen LogP contribution in [0, 0.1) is 5.92 Å². The van der Waals surface area contributed by atoms with Gasteiger partial charge in [0.05, 0.1) is 5.92 Å². The first-order valence-corrected chi connectivity index (χ1v) is 5.30. The SMILES string of the molecule is CCCC1CN(CC)N(CC)C1=O. The van der Waals surface area contributed by atoms with E-state index in [0.717, 1.165) is 32.5 Å². The average molecular weight is 184 g/mol. The molecule has 1 rings (SSSR count). The number of nitrogens with zero attached hydrogens (tertiary/aromatic N) is 2. The fourth-order valence-corrected chi connectivity index (χ4v) is 2.00. The van der Waals surface area contributed by atoms with Crippen molar-refractivity contribution in [3.63, 3.8) is 0 Å². The fraction of sp³-hybridized carbons (Fsp3) is 0.900. The molecule has 1 aliphatic heterocycles. The Labute approximate surface area is 80.7 Å². The van der Waals surface area contributed by atoms with Crippen molar-refractivity contribution in [2.75, 3.05) is 19.6 Å². The molecule has 1 heterocycles. The first-order valence-electron chi connectivity index (χ1n) is 5.30. The van der Waals surface area contributed by atoms with Crippen LogP contribution in [0.25, 0.3) is 0 Å². The molecule has 0 saturated carbocycles. The summed E-state index contributed by atoms with van der Waals surface area (Å²) in [6.07, 6.45) is 2.14. The zero-order valence-electron chi connectivity index (χ0n) is 8.92. The highest BCUT2D eigenvalue weighted by Crippen LogP contribution is 2.21. The van der Waals surface area contributed by atoms with Crippen LogP contribution in [0.4, 0.5) is 0 Å². The van der Waals surface area contributed by atoms with Crippen molar-refractivity contribution in [3.05, 3.63) is 0 Å². The molecule has 0 bridgehead atoms. The Bertz CT molecular complexity index is 182. The average Bonchev–Trinajstić information content (AvgIpc) is 2.44. The van der Waals surface area contributed by atoms with Gasteiger partial charge >= 0.3 is 0 Å². The predicted molar refractivity (Wildman–Crippen MR) is 53.0 cm³/mol. The van der Waals surface area contributed by atoms with E-state index in [4.69, 9.17) is 0 Å². The Balaban J connectivity index is 2.60. The minimum Gasteiger partial charge on any atom is -0.275 e. The number of amides is 1. The lowest BCUT2D eigenvalue weighted by Crippen LogP contribution is -2.38. The van der Waals surface area contributed by atoms with Crippen LogP contribution in [0.15, 0.2) is 0 Å². The lowest BCUT2D eigenvalue weighted by atomic mass is 10.0. The van der Waals surface area contributed by atoms with Crippen LogP contribution in [-0.4, -0.2) is 35.6 Å². The smallest absolute Gasteiger partial charge is 0.241 e. The highest BCUT2D eigenvalue weighted by molar-refractivity contribution is 5.80. The van der Waals surface area contributed by atoms with E-state index >= 15 is 0 Å². The Kier molecular flexibility index (Phi) is 3.72. The van der Waals surface area contributed by atoms with Gasteiger partial charge in [-0.15, -0.1) is 0 Å². The van der Waals surface area contributed by atoms with Crippen molar-refractivity contribution in [2.45, 2.75) is 33.6 Å². The molecule has 1 atom stereocenters. The summed E-state index contributed by atoms with van der Waals surface area (Å²) in [7, 11) is 0. The molecule has 0 aromatic carbocycles. The maximum absolute atomic E-state index is 11.8. The Morgan fingerprint density at radius 1 is 1.31 bits per heavy atom. The highest BCUT2D eigenvalue weighted by atomic mass is 16.2. The van der Waals surface area contributed by atoms with E-state index in [1.165, 1.54) is 0 Å². The van der Waals surface area contributed by atoms with Crippen molar-refractivity contribution < 1.29 is 4.79 Å². The van der Waals surface area contributed by atoms with Crippen LogP contribution in [0.3, 0.4) is 0 Å². The minimum absolute atomic E-state index is 0.255. The van der Waals surface area contributed by atoms with Crippen LogP contribution in [-0.2, 0) is 4.79 Å². The molecule has 0 aromatic heterocycles. The monoisotopic (exact) mass is 184 g/mol. The quantitative estimate of drug-likeness (QED) is 0.661. The van der Waals surface area contributed by atoms with E-state index in [9.17, 15) is 4.79 Å². The summed E-state index contributed by atoms with van der Waals surface area (Å²) in [4.78, 5) is 11.8. The first-order chi connectivity index (χ1) is 6.24. The van der Waals surface area contributed by atoms with Gasteiger partial charge in [0.25, 0.3) is 0 Å². The second-order valence-electron chi connectivity index (χ2n) is 3.54. The van der Waals surface area contributed by atoms with Crippen LogP contribution in [0.2, 0.25) is 0 Å². The summed E-state index contributed by atoms with van der Waals surface area (Å²) in [6.45, 7) is 8.96. The number of carbonyl (C=O) groups is 1. The molecule has 1 saturated heterocycles. The Morgan fingerprint density at radius 3 is 2.38 bits per heavy atom. The van der Waals surface area contributed by atoms with Crippen LogP contribution >= 0.6 is 0 Å². The summed E-state index contributed by atoms with van der Waals surface area (Å²) < 4.78 is 0. The van der Waals surface area contributed by atoms with Gasteiger partial charge in [-0.1, -0.05) is 20.3 Å². The highest BCUT2D eigenvalue weighted by Gasteiger charge is 2.35. The van der Waals surface area contributed by atoms with E-state index < -0.39 is 0 Å². The van der Waals surface area contributed by atoms with Gasteiger partial charge in [-0.05, 0) is 13.3 Å². The molecule has 76 valence electrons. The van der Waals surface area contributed by atoms with Gasteiger partial charge in [0.15, 0.2) is 0 Å². The molecule has 3 nitrogen and oxygen atoms in total. The number of hydrogen-bond acceptors (Lipinski definition) is 2. The molecule has 13 heavy (non-hydrogen) atoms. The lowest BCUT2D eigenvalue weighted by molar-refractivity contribution is -0.139. The second kappa shape index (κ2) is 4.61. The van der Waals surface area contributed by atoms with Gasteiger partial charge in [-0.2, -0.15) is 0 Å². The van der Waals surface area contributed by atoms with E-state index in [1.54, 1.807) is 0 Å². The van der Waals surface area contributed by atoms with E-state index in [1.807, 2.05) is 11.9 Å². The number of rotatable bonds is 4. The third kappa shape index (κ3) is 2.02. The standard InChI is InChI=1S/C10H20N2O/c1-4-7-9-8-11(5-2)12(6-3)10(9)13/h9H,4-8H2,1-3H3. The summed E-state index contributed by atoms with van der Waals surface area (Å²) in [5.41, 5.74) is 0. The molecule has 1 fully saturated rings. The second-order valence-corrected chi connectivity index (χ2v) is 3.54. The molecule has 3 heteroatoms. The first kappa shape index (κ1) is 10.5. The van der Waals surface area contributed by atoms with Crippen LogP contribution < -0.4 is 0 Å². The zero-order chi connectivity index (χ0) is 9.84. The molecular weight excluding hydrogens is 164 g/mol. The molecule has 1 unspecified atom stereocenters. The van der Waals surface area contributed by atoms with Crippen LogP contribution in [0.5, 0.6) is 0 Å². The normalized spacial score (nSPS) is 24.4. The lowest BCUT2D eigenvalue weighted by Gasteiger charge is -2.24. The van der Waals surface area contributed by atoms with Gasteiger partial charge in [-0.3, -0.25) is 9.80 Å². The number of carbonyl (C=O) groups excluding carboxylic acids is 1.